The van der Waals surface area contributed by atoms with E-state index in [0.29, 0.717) is 18.4 Å². The van der Waals surface area contributed by atoms with Crippen LogP contribution in [0.25, 0.3) is 10.9 Å². The standard InChI is InChI=1S/C20H19FN2O.ClH/c1-20(8-9-22,13-14-3-2-4-17(21)11-14)19(24)16-5-6-18-15(12-16)7-10-23-18;/h2-7,9-12,22-23H,8,13H2,1H3;1H. The Morgan fingerprint density at radius 2 is 2.04 bits per heavy atom. The van der Waals surface area contributed by atoms with Crippen molar-refractivity contribution in [2.45, 2.75) is 19.8 Å². The molecule has 3 aromatic rings. The van der Waals surface area contributed by atoms with E-state index in [0.717, 1.165) is 16.5 Å². The highest BCUT2D eigenvalue weighted by Crippen LogP contribution is 2.31. The second-order valence-electron chi connectivity index (χ2n) is 6.38. The number of H-pyrrole nitrogens is 1. The molecule has 0 fully saturated rings. The molecule has 0 spiro atoms. The molecule has 5 heteroatoms. The lowest BCUT2D eigenvalue weighted by atomic mass is 9.75. The topological polar surface area (TPSA) is 56.7 Å². The van der Waals surface area contributed by atoms with E-state index in [1.807, 2.05) is 37.4 Å². The first-order chi connectivity index (χ1) is 11.5. The number of hydrogen-bond donors (Lipinski definition) is 2. The number of carbonyl (C=O) groups excluding carboxylic acids is 1. The van der Waals surface area contributed by atoms with Crippen molar-refractivity contribution >= 4 is 35.3 Å². The van der Waals surface area contributed by atoms with Crippen molar-refractivity contribution < 1.29 is 9.18 Å². The smallest absolute Gasteiger partial charge is 0.169 e. The zero-order valence-corrected chi connectivity index (χ0v) is 14.7. The van der Waals surface area contributed by atoms with Gasteiger partial charge >= 0.3 is 0 Å². The summed E-state index contributed by atoms with van der Waals surface area (Å²) in [5, 5.41) is 8.45. The minimum Gasteiger partial charge on any atom is -0.361 e. The third-order valence-electron chi connectivity index (χ3n) is 4.40. The summed E-state index contributed by atoms with van der Waals surface area (Å²) in [4.78, 5) is 16.2. The molecule has 3 rings (SSSR count). The SMILES string of the molecule is CC(CC=N)(Cc1cccc(F)c1)C(=O)c1ccc2[nH]ccc2c1.Cl. The summed E-state index contributed by atoms with van der Waals surface area (Å²) >= 11 is 0. The molecule has 1 heterocycles. The molecule has 0 aliphatic carbocycles. The number of hydrogen-bond acceptors (Lipinski definition) is 2. The maximum atomic E-state index is 13.5. The summed E-state index contributed by atoms with van der Waals surface area (Å²) in [6.45, 7) is 1.84. The van der Waals surface area contributed by atoms with Crippen molar-refractivity contribution in [1.29, 1.82) is 5.41 Å². The van der Waals surface area contributed by atoms with E-state index in [2.05, 4.69) is 4.98 Å². The average Bonchev–Trinajstić information content (AvgIpc) is 3.01. The van der Waals surface area contributed by atoms with Crippen LogP contribution in [0.2, 0.25) is 0 Å². The fourth-order valence-corrected chi connectivity index (χ4v) is 3.11. The van der Waals surface area contributed by atoms with Gasteiger partial charge in [0, 0.05) is 28.1 Å². The minimum absolute atomic E-state index is 0. The molecule has 0 aliphatic rings. The monoisotopic (exact) mass is 358 g/mol. The van der Waals surface area contributed by atoms with E-state index < -0.39 is 5.41 Å². The molecular formula is C20H20ClFN2O. The summed E-state index contributed by atoms with van der Waals surface area (Å²) < 4.78 is 13.5. The van der Waals surface area contributed by atoms with Gasteiger partial charge in [-0.25, -0.2) is 4.39 Å². The molecule has 0 aliphatic heterocycles. The molecule has 1 unspecified atom stereocenters. The van der Waals surface area contributed by atoms with Gasteiger partial charge in [0.1, 0.15) is 5.82 Å². The lowest BCUT2D eigenvalue weighted by molar-refractivity contribution is 0.0824. The van der Waals surface area contributed by atoms with Crippen LogP contribution in [0, 0.1) is 16.6 Å². The molecule has 1 aromatic heterocycles. The Balaban J connectivity index is 0.00000225. The van der Waals surface area contributed by atoms with Crippen molar-refractivity contribution in [2.24, 2.45) is 5.41 Å². The van der Waals surface area contributed by atoms with Crippen LogP contribution in [-0.2, 0) is 6.42 Å². The van der Waals surface area contributed by atoms with Crippen LogP contribution < -0.4 is 0 Å². The number of halogens is 2. The van der Waals surface area contributed by atoms with E-state index in [-0.39, 0.29) is 24.0 Å². The zero-order chi connectivity index (χ0) is 17.2. The van der Waals surface area contributed by atoms with Crippen LogP contribution in [-0.4, -0.2) is 17.0 Å². The van der Waals surface area contributed by atoms with Crippen LogP contribution in [0.3, 0.4) is 0 Å². The molecule has 1 atom stereocenters. The molecule has 0 radical (unpaired) electrons. The van der Waals surface area contributed by atoms with E-state index in [1.165, 1.54) is 18.3 Å². The second kappa shape index (κ2) is 7.62. The molecule has 2 aromatic carbocycles. The molecule has 130 valence electrons. The average molecular weight is 359 g/mol. The van der Waals surface area contributed by atoms with Crippen LogP contribution >= 0.6 is 12.4 Å². The first-order valence-electron chi connectivity index (χ1n) is 7.87. The van der Waals surface area contributed by atoms with Gasteiger partial charge in [-0.1, -0.05) is 19.1 Å². The van der Waals surface area contributed by atoms with Gasteiger partial charge in [0.25, 0.3) is 0 Å². The van der Waals surface area contributed by atoms with Crippen molar-refractivity contribution in [2.75, 3.05) is 0 Å². The highest BCUT2D eigenvalue weighted by molar-refractivity contribution is 6.04. The van der Waals surface area contributed by atoms with Gasteiger partial charge in [-0.3, -0.25) is 4.79 Å². The first-order valence-corrected chi connectivity index (χ1v) is 7.87. The third kappa shape index (κ3) is 3.97. The van der Waals surface area contributed by atoms with Crippen LogP contribution in [0.5, 0.6) is 0 Å². The number of aromatic amines is 1. The normalized spacial score (nSPS) is 13.0. The Hall–Kier alpha value is -2.46. The highest BCUT2D eigenvalue weighted by Gasteiger charge is 2.33. The highest BCUT2D eigenvalue weighted by atomic mass is 35.5. The summed E-state index contributed by atoms with van der Waals surface area (Å²) in [5.41, 5.74) is 1.57. The summed E-state index contributed by atoms with van der Waals surface area (Å²) in [7, 11) is 0. The third-order valence-corrected chi connectivity index (χ3v) is 4.40. The van der Waals surface area contributed by atoms with E-state index in [1.54, 1.807) is 12.1 Å². The van der Waals surface area contributed by atoms with Crippen molar-refractivity contribution in [1.82, 2.24) is 4.98 Å². The van der Waals surface area contributed by atoms with Gasteiger partial charge in [0.2, 0.25) is 0 Å². The quantitative estimate of drug-likeness (QED) is 0.461. The Morgan fingerprint density at radius 3 is 2.76 bits per heavy atom. The number of ketones is 1. The number of nitrogens with one attached hydrogen (secondary N) is 2. The predicted molar refractivity (Wildman–Crippen MR) is 101 cm³/mol. The lowest BCUT2D eigenvalue weighted by Crippen LogP contribution is -2.31. The van der Waals surface area contributed by atoms with Gasteiger partial charge in [0.05, 0.1) is 0 Å². The van der Waals surface area contributed by atoms with Gasteiger partial charge in [-0.15, -0.1) is 12.4 Å². The fraction of sp³-hybridized carbons (Fsp3) is 0.200. The second-order valence-corrected chi connectivity index (χ2v) is 6.38. The molecular weight excluding hydrogens is 339 g/mol. The summed E-state index contributed by atoms with van der Waals surface area (Å²) in [6, 6.07) is 13.8. The molecule has 2 N–H and O–H groups in total. The van der Waals surface area contributed by atoms with Crippen LogP contribution in [0.4, 0.5) is 4.39 Å². The molecule has 0 bridgehead atoms. The number of benzene rings is 2. The Morgan fingerprint density at radius 1 is 1.24 bits per heavy atom. The molecule has 0 saturated heterocycles. The molecule has 3 nitrogen and oxygen atoms in total. The lowest BCUT2D eigenvalue weighted by Gasteiger charge is -2.27. The van der Waals surface area contributed by atoms with Crippen molar-refractivity contribution in [3.63, 3.8) is 0 Å². The van der Waals surface area contributed by atoms with Crippen molar-refractivity contribution in [3.8, 4) is 0 Å². The van der Waals surface area contributed by atoms with E-state index in [9.17, 15) is 9.18 Å². The fourth-order valence-electron chi connectivity index (χ4n) is 3.11. The van der Waals surface area contributed by atoms with Gasteiger partial charge in [-0.05, 0) is 61.0 Å². The minimum atomic E-state index is -0.778. The predicted octanol–water partition coefficient (Wildman–Crippen LogP) is 5.20. The maximum Gasteiger partial charge on any atom is 0.169 e. The number of fused-ring (bicyclic) bond motifs is 1. The van der Waals surface area contributed by atoms with Crippen LogP contribution in [0.15, 0.2) is 54.7 Å². The number of rotatable bonds is 6. The summed E-state index contributed by atoms with van der Waals surface area (Å²) in [5.74, 6) is -0.343. The largest absolute Gasteiger partial charge is 0.361 e. The van der Waals surface area contributed by atoms with Gasteiger partial charge < -0.3 is 10.4 Å². The Labute approximate surface area is 152 Å². The van der Waals surface area contributed by atoms with Crippen LogP contribution in [0.1, 0.15) is 29.3 Å². The molecule has 25 heavy (non-hydrogen) atoms. The van der Waals surface area contributed by atoms with Gasteiger partial charge in [0.15, 0.2) is 5.78 Å². The van der Waals surface area contributed by atoms with E-state index in [4.69, 9.17) is 5.41 Å². The van der Waals surface area contributed by atoms with Gasteiger partial charge in [-0.2, -0.15) is 0 Å². The van der Waals surface area contributed by atoms with Crippen molar-refractivity contribution in [3.05, 3.63) is 71.7 Å². The summed E-state index contributed by atoms with van der Waals surface area (Å²) in [6.07, 6.45) is 3.80. The number of carbonyl (C=O) groups is 1. The number of aromatic nitrogens is 1. The molecule has 0 saturated carbocycles. The zero-order valence-electron chi connectivity index (χ0n) is 13.9. The Kier molecular flexibility index (Phi) is 5.75. The number of Topliss-reactive ketones (excluding diaryl/α,β-unsaturated/α-hetero) is 1. The first kappa shape index (κ1) is 18.9. The van der Waals surface area contributed by atoms with E-state index >= 15 is 0 Å². The Bertz CT molecular complexity index is 905. The maximum absolute atomic E-state index is 13.5. The molecule has 0 amide bonds.